The summed E-state index contributed by atoms with van der Waals surface area (Å²) in [6, 6.07) is 10.4. The van der Waals surface area contributed by atoms with Crippen LogP contribution in [0.3, 0.4) is 0 Å². The van der Waals surface area contributed by atoms with Gasteiger partial charge in [0.15, 0.2) is 0 Å². The molecule has 6 nitrogen and oxygen atoms in total. The van der Waals surface area contributed by atoms with Crippen LogP contribution in [0.4, 0.5) is 9.18 Å². The molecule has 2 unspecified atom stereocenters. The summed E-state index contributed by atoms with van der Waals surface area (Å²) in [4.78, 5) is 29.2. The summed E-state index contributed by atoms with van der Waals surface area (Å²) >= 11 is 0. The molecule has 36 heavy (non-hydrogen) atoms. The molecule has 0 spiro atoms. The lowest BCUT2D eigenvalue weighted by Crippen LogP contribution is -2.48. The summed E-state index contributed by atoms with van der Waals surface area (Å²) in [5.74, 6) is 0.629. The number of amides is 1. The number of halogens is 1. The molecular weight excluding hydrogens is 459 g/mol. The molecule has 190 valence electrons. The number of rotatable bonds is 5. The number of alkyl carbamates (subject to hydrolysis) is 1. The van der Waals surface area contributed by atoms with Gasteiger partial charge in [-0.05, 0) is 87.1 Å². The lowest BCUT2D eigenvalue weighted by Gasteiger charge is -2.47. The van der Waals surface area contributed by atoms with E-state index in [9.17, 15) is 14.0 Å². The van der Waals surface area contributed by atoms with Crippen LogP contribution < -0.4 is 5.32 Å². The van der Waals surface area contributed by atoms with Gasteiger partial charge in [0.25, 0.3) is 0 Å². The first-order valence-electron chi connectivity index (χ1n) is 13.0. The van der Waals surface area contributed by atoms with Crippen molar-refractivity contribution in [1.82, 2.24) is 10.3 Å². The summed E-state index contributed by atoms with van der Waals surface area (Å²) in [5, 5.41) is 3.00. The molecule has 7 atom stereocenters. The number of pyridine rings is 1. The number of hydrogen-bond acceptors (Lipinski definition) is 5. The van der Waals surface area contributed by atoms with Crippen LogP contribution in [0, 0.1) is 35.4 Å². The Morgan fingerprint density at radius 2 is 2.08 bits per heavy atom. The van der Waals surface area contributed by atoms with Gasteiger partial charge in [-0.3, -0.25) is 9.78 Å². The van der Waals surface area contributed by atoms with Crippen molar-refractivity contribution in [3.63, 3.8) is 0 Å². The average molecular weight is 493 g/mol. The van der Waals surface area contributed by atoms with E-state index in [0.29, 0.717) is 18.4 Å². The van der Waals surface area contributed by atoms with Crippen molar-refractivity contribution in [2.24, 2.45) is 29.6 Å². The highest BCUT2D eigenvalue weighted by Crippen LogP contribution is 2.53. The summed E-state index contributed by atoms with van der Waals surface area (Å²) < 4.78 is 24.3. The van der Waals surface area contributed by atoms with Gasteiger partial charge >= 0.3 is 12.1 Å². The fraction of sp³-hybridized carbons (Fsp3) is 0.483. The number of hydrogen-bond donors (Lipinski definition) is 1. The highest BCUT2D eigenvalue weighted by atomic mass is 19.1. The molecular formula is C29H33FN2O4. The molecule has 2 aromatic rings. The topological polar surface area (TPSA) is 77.5 Å². The molecule has 3 fully saturated rings. The van der Waals surface area contributed by atoms with Crippen LogP contribution >= 0.6 is 0 Å². The Kier molecular flexibility index (Phi) is 7.08. The minimum Gasteiger partial charge on any atom is -0.462 e. The second-order valence-corrected chi connectivity index (χ2v) is 10.3. The second kappa shape index (κ2) is 10.4. The molecule has 2 heterocycles. The monoisotopic (exact) mass is 492 g/mol. The third-order valence-corrected chi connectivity index (χ3v) is 8.18. The van der Waals surface area contributed by atoms with Crippen LogP contribution in [-0.4, -0.2) is 35.8 Å². The van der Waals surface area contributed by atoms with Crippen molar-refractivity contribution in [1.29, 1.82) is 0 Å². The van der Waals surface area contributed by atoms with Gasteiger partial charge < -0.3 is 14.8 Å². The van der Waals surface area contributed by atoms with Gasteiger partial charge in [0.05, 0.1) is 18.2 Å². The first-order chi connectivity index (χ1) is 17.4. The Morgan fingerprint density at radius 1 is 1.22 bits per heavy atom. The highest BCUT2D eigenvalue weighted by molar-refractivity contribution is 5.75. The molecule has 1 saturated heterocycles. The van der Waals surface area contributed by atoms with Gasteiger partial charge in [0.2, 0.25) is 0 Å². The number of benzene rings is 1. The summed E-state index contributed by atoms with van der Waals surface area (Å²) in [6.07, 6.45) is 9.07. The first kappa shape index (κ1) is 24.5. The zero-order chi connectivity index (χ0) is 25.2. The third kappa shape index (κ3) is 5.01. The number of ether oxygens (including phenoxy) is 2. The minimum absolute atomic E-state index is 0.0679. The zero-order valence-electron chi connectivity index (χ0n) is 20.7. The van der Waals surface area contributed by atoms with E-state index in [1.165, 1.54) is 12.1 Å². The van der Waals surface area contributed by atoms with E-state index >= 15 is 0 Å². The molecule has 2 aliphatic carbocycles. The number of esters is 1. The molecule has 0 radical (unpaired) electrons. The second-order valence-electron chi connectivity index (χ2n) is 10.3. The maximum absolute atomic E-state index is 13.6. The smallest absolute Gasteiger partial charge is 0.407 e. The largest absolute Gasteiger partial charge is 0.462 e. The van der Waals surface area contributed by atoms with Crippen LogP contribution in [0.2, 0.25) is 0 Å². The molecule has 5 rings (SSSR count). The number of cyclic esters (lactones) is 1. The fourth-order valence-electron chi connectivity index (χ4n) is 6.64. The van der Waals surface area contributed by atoms with Crippen molar-refractivity contribution in [3.05, 3.63) is 60.2 Å². The standard InChI is InChI=1S/C29H33FN2O4/c1-3-35-29(34)32-23-10-11-24-20(14-23)15-26-27(17(2)36-28(26)33)25(24)12-9-22-8-7-19(16-31-22)18-5-4-6-21(30)13-18/h4-9,12-13,16-17,20,23-27H,3,10-11,14-15H2,1-2H3,(H,32,34)/b12-9+/t17-,20+,23-,24?,25?,26-,27+/m1/s1. The summed E-state index contributed by atoms with van der Waals surface area (Å²) in [6.45, 7) is 4.15. The van der Waals surface area contributed by atoms with Gasteiger partial charge in [-0.2, -0.15) is 0 Å². The van der Waals surface area contributed by atoms with Crippen LogP contribution in [0.15, 0.2) is 48.7 Å². The Morgan fingerprint density at radius 3 is 2.83 bits per heavy atom. The van der Waals surface area contributed by atoms with Crippen molar-refractivity contribution in [2.45, 2.75) is 51.7 Å². The fourth-order valence-corrected chi connectivity index (χ4v) is 6.64. The maximum Gasteiger partial charge on any atom is 0.407 e. The van der Waals surface area contributed by atoms with E-state index in [0.717, 1.165) is 42.5 Å². The minimum atomic E-state index is -0.368. The SMILES string of the molecule is CCOC(=O)N[C@@H]1CCC2C(/C=C/c3ccc(-c4cccc(F)c4)cn3)[C@@H]3[C@@H](C)OC(=O)[C@@H]3C[C@@H]2C1. The molecule has 3 aliphatic rings. The van der Waals surface area contributed by atoms with Gasteiger partial charge in [0.1, 0.15) is 11.9 Å². The van der Waals surface area contributed by atoms with Crippen molar-refractivity contribution < 1.29 is 23.5 Å². The van der Waals surface area contributed by atoms with E-state index in [4.69, 9.17) is 9.47 Å². The molecule has 1 aliphatic heterocycles. The average Bonchev–Trinajstić information content (AvgIpc) is 3.15. The van der Waals surface area contributed by atoms with Crippen LogP contribution in [-0.2, 0) is 14.3 Å². The predicted octanol–water partition coefficient (Wildman–Crippen LogP) is 5.63. The number of carbonyl (C=O) groups excluding carboxylic acids is 2. The molecule has 1 amide bonds. The van der Waals surface area contributed by atoms with E-state index in [1.54, 1.807) is 19.2 Å². The Labute approximate surface area is 211 Å². The van der Waals surface area contributed by atoms with Gasteiger partial charge in [0, 0.05) is 23.7 Å². The number of fused-ring (bicyclic) bond motifs is 2. The molecule has 0 bridgehead atoms. The maximum atomic E-state index is 13.6. The third-order valence-electron chi connectivity index (χ3n) is 8.18. The molecule has 7 heteroatoms. The van der Waals surface area contributed by atoms with Crippen LogP contribution in [0.25, 0.3) is 17.2 Å². The van der Waals surface area contributed by atoms with E-state index in [-0.39, 0.29) is 47.8 Å². The van der Waals surface area contributed by atoms with E-state index in [2.05, 4.69) is 16.4 Å². The summed E-state index contributed by atoms with van der Waals surface area (Å²) in [7, 11) is 0. The Hall–Kier alpha value is -3.22. The Balaban J connectivity index is 1.34. The molecule has 2 saturated carbocycles. The number of allylic oxidation sites excluding steroid dienone is 1. The van der Waals surface area contributed by atoms with E-state index in [1.807, 2.05) is 31.2 Å². The van der Waals surface area contributed by atoms with Gasteiger partial charge in [-0.15, -0.1) is 0 Å². The van der Waals surface area contributed by atoms with Crippen LogP contribution in [0.5, 0.6) is 0 Å². The lowest BCUT2D eigenvalue weighted by atomic mass is 9.57. The number of aromatic nitrogens is 1. The zero-order valence-corrected chi connectivity index (χ0v) is 20.7. The number of nitrogens with zero attached hydrogens (tertiary/aromatic N) is 1. The highest BCUT2D eigenvalue weighted by Gasteiger charge is 2.54. The normalized spacial score (nSPS) is 31.4. The van der Waals surface area contributed by atoms with Crippen molar-refractivity contribution >= 4 is 18.1 Å². The molecule has 1 aromatic carbocycles. The van der Waals surface area contributed by atoms with Crippen molar-refractivity contribution in [2.75, 3.05) is 6.61 Å². The van der Waals surface area contributed by atoms with Crippen LogP contribution in [0.1, 0.15) is 45.2 Å². The van der Waals surface area contributed by atoms with Gasteiger partial charge in [-0.25, -0.2) is 9.18 Å². The Bertz CT molecular complexity index is 1130. The number of nitrogens with one attached hydrogen (secondary N) is 1. The summed E-state index contributed by atoms with van der Waals surface area (Å²) in [5.41, 5.74) is 2.48. The van der Waals surface area contributed by atoms with Gasteiger partial charge in [-0.1, -0.05) is 24.3 Å². The quantitative estimate of drug-likeness (QED) is 0.548. The number of carbonyl (C=O) groups is 2. The van der Waals surface area contributed by atoms with Crippen molar-refractivity contribution in [3.8, 4) is 11.1 Å². The molecule has 1 aromatic heterocycles. The van der Waals surface area contributed by atoms with E-state index < -0.39 is 0 Å². The molecule has 1 N–H and O–H groups in total. The lowest BCUT2D eigenvalue weighted by molar-refractivity contribution is -0.144. The first-order valence-corrected chi connectivity index (χ1v) is 13.0. The predicted molar refractivity (Wildman–Crippen MR) is 134 cm³/mol.